The molecule has 0 saturated carbocycles. The van der Waals surface area contributed by atoms with Gasteiger partial charge in [0.25, 0.3) is 0 Å². The van der Waals surface area contributed by atoms with E-state index < -0.39 is 0 Å². The number of aromatic nitrogens is 1. The summed E-state index contributed by atoms with van der Waals surface area (Å²) in [6.07, 6.45) is 7.36. The van der Waals surface area contributed by atoms with Crippen LogP contribution in [-0.2, 0) is 0 Å². The van der Waals surface area contributed by atoms with Gasteiger partial charge in [-0.3, -0.25) is 9.88 Å². The summed E-state index contributed by atoms with van der Waals surface area (Å²) < 4.78 is 0. The van der Waals surface area contributed by atoms with Gasteiger partial charge in [0.2, 0.25) is 0 Å². The molecule has 1 aromatic rings. The molecule has 2 N–H and O–H groups in total. The van der Waals surface area contributed by atoms with Gasteiger partial charge in [0, 0.05) is 24.0 Å². The zero-order valence-corrected chi connectivity index (χ0v) is 11.8. The Hall–Kier alpha value is -0.930. The largest absolute Gasteiger partial charge is 0.326 e. The van der Waals surface area contributed by atoms with Crippen LogP contribution in [0.3, 0.4) is 0 Å². The third-order valence-electron chi connectivity index (χ3n) is 3.82. The zero-order chi connectivity index (χ0) is 13.2. The van der Waals surface area contributed by atoms with Crippen LogP contribution in [0.15, 0.2) is 24.5 Å². The van der Waals surface area contributed by atoms with Crippen LogP contribution in [0.25, 0.3) is 0 Å². The fraction of sp³-hybridized carbons (Fsp3) is 0.667. The standard InChI is InChI=1S/C15H25N3/c1-15(2,3)18-10-5-4-8-13(16)14(18)12-7-6-9-17-11-12/h6-7,9,11,13-14H,4-5,8,10,16H2,1-3H3. The van der Waals surface area contributed by atoms with Crippen molar-refractivity contribution < 1.29 is 0 Å². The molecule has 2 heterocycles. The third kappa shape index (κ3) is 2.90. The van der Waals surface area contributed by atoms with Crippen LogP contribution in [0.4, 0.5) is 0 Å². The number of nitrogens with zero attached hydrogens (tertiary/aromatic N) is 2. The topological polar surface area (TPSA) is 42.1 Å². The molecular weight excluding hydrogens is 222 g/mol. The Kier molecular flexibility index (Phi) is 4.03. The maximum Gasteiger partial charge on any atom is 0.0519 e. The maximum atomic E-state index is 6.43. The Morgan fingerprint density at radius 2 is 2.11 bits per heavy atom. The van der Waals surface area contributed by atoms with E-state index >= 15 is 0 Å². The number of nitrogens with two attached hydrogens (primary N) is 1. The molecule has 0 aliphatic carbocycles. The van der Waals surface area contributed by atoms with Gasteiger partial charge in [-0.2, -0.15) is 0 Å². The van der Waals surface area contributed by atoms with Crippen LogP contribution in [0.5, 0.6) is 0 Å². The van der Waals surface area contributed by atoms with E-state index in [4.69, 9.17) is 5.73 Å². The van der Waals surface area contributed by atoms with Gasteiger partial charge in [0.05, 0.1) is 6.04 Å². The molecule has 100 valence electrons. The van der Waals surface area contributed by atoms with Crippen LogP contribution in [-0.4, -0.2) is 28.0 Å². The zero-order valence-electron chi connectivity index (χ0n) is 11.8. The molecule has 1 fully saturated rings. The molecule has 2 unspecified atom stereocenters. The quantitative estimate of drug-likeness (QED) is 0.829. The lowest BCUT2D eigenvalue weighted by Gasteiger charge is -2.42. The van der Waals surface area contributed by atoms with E-state index in [1.165, 1.54) is 18.4 Å². The summed E-state index contributed by atoms with van der Waals surface area (Å²) in [5.41, 5.74) is 7.82. The second-order valence-corrected chi connectivity index (χ2v) is 6.26. The second kappa shape index (κ2) is 5.37. The average molecular weight is 247 g/mol. The number of likely N-dealkylation sites (tertiary alicyclic amines) is 1. The minimum atomic E-state index is 0.141. The highest BCUT2D eigenvalue weighted by molar-refractivity contribution is 5.17. The Bertz CT molecular complexity index is 369. The van der Waals surface area contributed by atoms with Crippen molar-refractivity contribution in [2.24, 2.45) is 5.73 Å². The van der Waals surface area contributed by atoms with Gasteiger partial charge >= 0.3 is 0 Å². The molecule has 1 aliphatic rings. The van der Waals surface area contributed by atoms with E-state index in [1.54, 1.807) is 0 Å². The molecule has 3 nitrogen and oxygen atoms in total. The first-order valence-electron chi connectivity index (χ1n) is 6.92. The van der Waals surface area contributed by atoms with Gasteiger partial charge < -0.3 is 5.73 Å². The summed E-state index contributed by atoms with van der Waals surface area (Å²) in [6.45, 7) is 7.94. The SMILES string of the molecule is CC(C)(C)N1CCCCC(N)C1c1cccnc1. The lowest BCUT2D eigenvalue weighted by molar-refractivity contribution is 0.0753. The molecule has 1 aromatic heterocycles. The summed E-state index contributed by atoms with van der Waals surface area (Å²) in [4.78, 5) is 6.80. The molecule has 2 atom stereocenters. The molecule has 0 amide bonds. The monoisotopic (exact) mass is 247 g/mol. The van der Waals surface area contributed by atoms with Gasteiger partial charge in [-0.05, 0) is 51.8 Å². The van der Waals surface area contributed by atoms with Crippen LogP contribution in [0, 0.1) is 0 Å². The first-order valence-corrected chi connectivity index (χ1v) is 6.92. The van der Waals surface area contributed by atoms with E-state index in [-0.39, 0.29) is 11.6 Å². The van der Waals surface area contributed by atoms with Crippen molar-refractivity contribution in [2.45, 2.75) is 57.7 Å². The molecule has 1 saturated heterocycles. The number of pyridine rings is 1. The maximum absolute atomic E-state index is 6.43. The number of hydrogen-bond donors (Lipinski definition) is 1. The Balaban J connectivity index is 2.35. The molecule has 1 aliphatic heterocycles. The molecule has 0 bridgehead atoms. The Morgan fingerprint density at radius 3 is 2.72 bits per heavy atom. The van der Waals surface area contributed by atoms with Crippen LogP contribution >= 0.6 is 0 Å². The Morgan fingerprint density at radius 1 is 1.33 bits per heavy atom. The van der Waals surface area contributed by atoms with Gasteiger partial charge in [-0.15, -0.1) is 0 Å². The fourth-order valence-corrected chi connectivity index (χ4v) is 2.92. The molecule has 2 rings (SSSR count). The van der Waals surface area contributed by atoms with E-state index in [0.717, 1.165) is 13.0 Å². The van der Waals surface area contributed by atoms with Crippen molar-refractivity contribution in [1.82, 2.24) is 9.88 Å². The molecule has 0 radical (unpaired) electrons. The van der Waals surface area contributed by atoms with E-state index in [1.807, 2.05) is 18.5 Å². The van der Waals surface area contributed by atoms with Crippen molar-refractivity contribution in [1.29, 1.82) is 0 Å². The van der Waals surface area contributed by atoms with Gasteiger partial charge in [-0.25, -0.2) is 0 Å². The van der Waals surface area contributed by atoms with Crippen LogP contribution < -0.4 is 5.73 Å². The predicted molar refractivity (Wildman–Crippen MR) is 75.3 cm³/mol. The van der Waals surface area contributed by atoms with Gasteiger partial charge in [0.1, 0.15) is 0 Å². The highest BCUT2D eigenvalue weighted by Gasteiger charge is 2.35. The minimum Gasteiger partial charge on any atom is -0.326 e. The summed E-state index contributed by atoms with van der Waals surface area (Å²) in [5, 5.41) is 0. The average Bonchev–Trinajstić information content (AvgIpc) is 2.51. The van der Waals surface area contributed by atoms with Gasteiger partial charge in [0.15, 0.2) is 0 Å². The summed E-state index contributed by atoms with van der Waals surface area (Å²) >= 11 is 0. The Labute approximate surface area is 110 Å². The molecule has 0 aromatic carbocycles. The number of rotatable bonds is 1. The molecule has 3 heteroatoms. The second-order valence-electron chi connectivity index (χ2n) is 6.26. The first-order chi connectivity index (χ1) is 8.50. The molecule has 0 spiro atoms. The minimum absolute atomic E-state index is 0.141. The normalized spacial score (nSPS) is 26.9. The summed E-state index contributed by atoms with van der Waals surface area (Å²) in [5.74, 6) is 0. The first kappa shape index (κ1) is 13.5. The highest BCUT2D eigenvalue weighted by atomic mass is 15.2. The fourth-order valence-electron chi connectivity index (χ4n) is 2.92. The van der Waals surface area contributed by atoms with Crippen molar-refractivity contribution in [3.63, 3.8) is 0 Å². The van der Waals surface area contributed by atoms with Crippen LogP contribution in [0.2, 0.25) is 0 Å². The van der Waals surface area contributed by atoms with Crippen molar-refractivity contribution in [3.05, 3.63) is 30.1 Å². The van der Waals surface area contributed by atoms with Crippen molar-refractivity contribution in [2.75, 3.05) is 6.54 Å². The third-order valence-corrected chi connectivity index (χ3v) is 3.82. The smallest absolute Gasteiger partial charge is 0.0519 e. The molecule has 18 heavy (non-hydrogen) atoms. The summed E-state index contributed by atoms with van der Waals surface area (Å²) in [7, 11) is 0. The lowest BCUT2D eigenvalue weighted by atomic mass is 9.93. The predicted octanol–water partition coefficient (Wildman–Crippen LogP) is 2.73. The molecular formula is C15H25N3. The number of hydrogen-bond acceptors (Lipinski definition) is 3. The van der Waals surface area contributed by atoms with Crippen LogP contribution in [0.1, 0.15) is 51.6 Å². The lowest BCUT2D eigenvalue weighted by Crippen LogP contribution is -2.49. The van der Waals surface area contributed by atoms with E-state index in [9.17, 15) is 0 Å². The van der Waals surface area contributed by atoms with E-state index in [2.05, 4.69) is 36.7 Å². The van der Waals surface area contributed by atoms with Crippen molar-refractivity contribution in [3.8, 4) is 0 Å². The van der Waals surface area contributed by atoms with Crippen molar-refractivity contribution >= 4 is 0 Å². The summed E-state index contributed by atoms with van der Waals surface area (Å²) in [6, 6.07) is 4.66. The van der Waals surface area contributed by atoms with E-state index in [0.29, 0.717) is 6.04 Å². The van der Waals surface area contributed by atoms with Gasteiger partial charge in [-0.1, -0.05) is 12.5 Å². The highest BCUT2D eigenvalue weighted by Crippen LogP contribution is 2.34.